The molecule has 1 fully saturated rings. The number of urea groups is 1. The zero-order chi connectivity index (χ0) is 22.1. The van der Waals surface area contributed by atoms with Gasteiger partial charge >= 0.3 is 12.6 Å². The van der Waals surface area contributed by atoms with Gasteiger partial charge in [0.2, 0.25) is 0 Å². The summed E-state index contributed by atoms with van der Waals surface area (Å²) in [5.74, 6) is 0.639. The van der Waals surface area contributed by atoms with Crippen LogP contribution in [-0.2, 0) is 13.1 Å². The van der Waals surface area contributed by atoms with Gasteiger partial charge in [0.25, 0.3) is 0 Å². The Morgan fingerprint density at radius 2 is 1.81 bits per heavy atom. The van der Waals surface area contributed by atoms with Gasteiger partial charge in [0.15, 0.2) is 5.96 Å². The van der Waals surface area contributed by atoms with Crippen LogP contribution in [0.15, 0.2) is 53.5 Å². The molecule has 1 aliphatic heterocycles. The van der Waals surface area contributed by atoms with Gasteiger partial charge in [0.1, 0.15) is 5.75 Å². The molecule has 0 aromatic heterocycles. The molecule has 0 unspecified atom stereocenters. The molecule has 0 spiro atoms. The number of amides is 2. The van der Waals surface area contributed by atoms with Gasteiger partial charge in [-0.1, -0.05) is 30.3 Å². The maximum Gasteiger partial charge on any atom is 0.387 e. The van der Waals surface area contributed by atoms with Crippen molar-refractivity contribution in [2.75, 3.05) is 25.5 Å². The summed E-state index contributed by atoms with van der Waals surface area (Å²) in [4.78, 5) is 18.2. The fourth-order valence-corrected chi connectivity index (χ4v) is 3.33. The van der Waals surface area contributed by atoms with Crippen LogP contribution in [0, 0.1) is 0 Å². The Morgan fingerprint density at radius 1 is 1.09 bits per heavy atom. The standard InChI is InChI=1S/C22H27F2N5O2.HI/c1-25-21(27-15-17-8-2-3-10-19(17)31-20(23)24)26-14-16-7-6-9-18(13-16)28-22(30)29-11-4-5-12-29;/h2-3,6-10,13,20H,4-5,11-12,14-15H2,1H3,(H,28,30)(H2,25,26,27);1H. The number of aliphatic imine (C=N–C) groups is 1. The number of halogens is 3. The van der Waals surface area contributed by atoms with Crippen LogP contribution in [0.2, 0.25) is 0 Å². The molecule has 3 N–H and O–H groups in total. The van der Waals surface area contributed by atoms with Crippen molar-refractivity contribution in [3.05, 3.63) is 59.7 Å². The number of ether oxygens (including phenoxy) is 1. The van der Waals surface area contributed by atoms with Crippen molar-refractivity contribution in [3.63, 3.8) is 0 Å². The number of para-hydroxylation sites is 1. The highest BCUT2D eigenvalue weighted by Crippen LogP contribution is 2.20. The summed E-state index contributed by atoms with van der Waals surface area (Å²) in [5.41, 5.74) is 2.29. The fraction of sp³-hybridized carbons (Fsp3) is 0.364. The number of anilines is 1. The van der Waals surface area contributed by atoms with E-state index in [1.807, 2.05) is 29.2 Å². The predicted molar refractivity (Wildman–Crippen MR) is 132 cm³/mol. The second-order valence-corrected chi connectivity index (χ2v) is 7.09. The van der Waals surface area contributed by atoms with Crippen molar-refractivity contribution in [1.82, 2.24) is 15.5 Å². The summed E-state index contributed by atoms with van der Waals surface area (Å²) in [6.07, 6.45) is 2.09. The number of likely N-dealkylation sites (tertiary alicyclic amines) is 1. The third-order valence-electron chi connectivity index (χ3n) is 4.89. The molecular formula is C22H28F2IN5O2. The topological polar surface area (TPSA) is 78.0 Å². The van der Waals surface area contributed by atoms with E-state index >= 15 is 0 Å². The van der Waals surface area contributed by atoms with E-state index < -0.39 is 6.61 Å². The number of benzene rings is 2. The molecule has 3 rings (SSSR count). The molecule has 174 valence electrons. The Labute approximate surface area is 203 Å². The molecule has 0 radical (unpaired) electrons. The van der Waals surface area contributed by atoms with E-state index in [4.69, 9.17) is 0 Å². The molecule has 7 nitrogen and oxygen atoms in total. The molecule has 2 aromatic carbocycles. The number of nitrogens with one attached hydrogen (secondary N) is 3. The smallest absolute Gasteiger partial charge is 0.387 e. The van der Waals surface area contributed by atoms with E-state index in [0.717, 1.165) is 37.2 Å². The third-order valence-corrected chi connectivity index (χ3v) is 4.89. The number of rotatable bonds is 7. The lowest BCUT2D eigenvalue weighted by Gasteiger charge is -2.17. The van der Waals surface area contributed by atoms with Crippen molar-refractivity contribution < 1.29 is 18.3 Å². The average Bonchev–Trinajstić information content (AvgIpc) is 3.30. The minimum Gasteiger partial charge on any atom is -0.434 e. The Hall–Kier alpha value is -2.63. The van der Waals surface area contributed by atoms with Crippen LogP contribution in [0.3, 0.4) is 0 Å². The van der Waals surface area contributed by atoms with Gasteiger partial charge in [-0.3, -0.25) is 4.99 Å². The number of nitrogens with zero attached hydrogens (tertiary/aromatic N) is 2. The molecular weight excluding hydrogens is 531 g/mol. The Kier molecular flexibility index (Phi) is 10.4. The highest BCUT2D eigenvalue weighted by Gasteiger charge is 2.17. The molecule has 0 atom stereocenters. The zero-order valence-corrected chi connectivity index (χ0v) is 20.1. The van der Waals surface area contributed by atoms with Crippen LogP contribution >= 0.6 is 24.0 Å². The molecule has 0 aliphatic carbocycles. The maximum atomic E-state index is 12.6. The van der Waals surface area contributed by atoms with Gasteiger partial charge < -0.3 is 25.6 Å². The van der Waals surface area contributed by atoms with Crippen LogP contribution in [0.4, 0.5) is 19.3 Å². The van der Waals surface area contributed by atoms with Gasteiger partial charge in [-0.05, 0) is 36.6 Å². The third kappa shape index (κ3) is 7.81. The Balaban J connectivity index is 0.00000363. The van der Waals surface area contributed by atoms with Crippen molar-refractivity contribution in [2.45, 2.75) is 32.5 Å². The highest BCUT2D eigenvalue weighted by atomic mass is 127. The van der Waals surface area contributed by atoms with Gasteiger partial charge in [-0.25, -0.2) is 4.79 Å². The summed E-state index contributed by atoms with van der Waals surface area (Å²) in [6, 6.07) is 14.1. The summed E-state index contributed by atoms with van der Waals surface area (Å²) < 4.78 is 29.7. The monoisotopic (exact) mass is 559 g/mol. The lowest BCUT2D eigenvalue weighted by Crippen LogP contribution is -2.36. The van der Waals surface area contributed by atoms with Crippen LogP contribution in [-0.4, -0.2) is 43.6 Å². The number of guanidine groups is 1. The van der Waals surface area contributed by atoms with Crippen molar-refractivity contribution in [1.29, 1.82) is 0 Å². The maximum absolute atomic E-state index is 12.6. The van der Waals surface area contributed by atoms with Gasteiger partial charge in [-0.15, -0.1) is 24.0 Å². The molecule has 10 heteroatoms. The summed E-state index contributed by atoms with van der Waals surface area (Å²) in [7, 11) is 1.63. The van der Waals surface area contributed by atoms with E-state index in [1.54, 1.807) is 25.2 Å². The van der Waals surface area contributed by atoms with E-state index in [0.29, 0.717) is 18.1 Å². The zero-order valence-electron chi connectivity index (χ0n) is 17.8. The van der Waals surface area contributed by atoms with Crippen molar-refractivity contribution in [3.8, 4) is 5.75 Å². The normalized spacial score (nSPS) is 13.5. The quantitative estimate of drug-likeness (QED) is 0.267. The number of hydrogen-bond acceptors (Lipinski definition) is 3. The molecule has 0 saturated carbocycles. The molecule has 2 aromatic rings. The van der Waals surface area contributed by atoms with Crippen LogP contribution in [0.25, 0.3) is 0 Å². The second-order valence-electron chi connectivity index (χ2n) is 7.09. The number of alkyl halides is 2. The second kappa shape index (κ2) is 13.0. The van der Waals surface area contributed by atoms with E-state index in [9.17, 15) is 13.6 Å². The first-order valence-electron chi connectivity index (χ1n) is 10.2. The van der Waals surface area contributed by atoms with Crippen LogP contribution in [0.5, 0.6) is 5.75 Å². The lowest BCUT2D eigenvalue weighted by molar-refractivity contribution is -0.0504. The largest absolute Gasteiger partial charge is 0.434 e. The SMILES string of the molecule is CN=C(NCc1cccc(NC(=O)N2CCCC2)c1)NCc1ccccc1OC(F)F.I. The lowest BCUT2D eigenvalue weighted by atomic mass is 10.2. The fourth-order valence-electron chi connectivity index (χ4n) is 3.33. The minimum atomic E-state index is -2.88. The van der Waals surface area contributed by atoms with Crippen molar-refractivity contribution in [2.24, 2.45) is 4.99 Å². The highest BCUT2D eigenvalue weighted by molar-refractivity contribution is 14.0. The number of carbonyl (C=O) groups excluding carboxylic acids is 1. The summed E-state index contributed by atoms with van der Waals surface area (Å²) >= 11 is 0. The first-order valence-corrected chi connectivity index (χ1v) is 10.2. The van der Waals surface area contributed by atoms with Gasteiger partial charge in [-0.2, -0.15) is 8.78 Å². The van der Waals surface area contributed by atoms with Crippen LogP contribution in [0.1, 0.15) is 24.0 Å². The number of hydrogen-bond donors (Lipinski definition) is 3. The first-order chi connectivity index (χ1) is 15.0. The van der Waals surface area contributed by atoms with Crippen molar-refractivity contribution >= 4 is 41.7 Å². The molecule has 1 saturated heterocycles. The predicted octanol–water partition coefficient (Wildman–Crippen LogP) is 4.40. The van der Waals surface area contributed by atoms with E-state index in [-0.39, 0.29) is 42.3 Å². The summed E-state index contributed by atoms with van der Waals surface area (Å²) in [6.45, 7) is -0.547. The molecule has 32 heavy (non-hydrogen) atoms. The molecule has 1 aliphatic rings. The van der Waals surface area contributed by atoms with E-state index in [1.165, 1.54) is 6.07 Å². The number of carbonyl (C=O) groups is 1. The van der Waals surface area contributed by atoms with E-state index in [2.05, 4.69) is 25.7 Å². The minimum absolute atomic E-state index is 0. The average molecular weight is 559 g/mol. The molecule has 0 bridgehead atoms. The molecule has 2 amide bonds. The Morgan fingerprint density at radius 3 is 2.53 bits per heavy atom. The van der Waals surface area contributed by atoms with Crippen LogP contribution < -0.4 is 20.7 Å². The first kappa shape index (κ1) is 25.6. The van der Waals surface area contributed by atoms with Gasteiger partial charge in [0.05, 0.1) is 0 Å². The van der Waals surface area contributed by atoms with Gasteiger partial charge in [0, 0.05) is 44.5 Å². The Bertz CT molecular complexity index is 907. The molecule has 1 heterocycles. The summed E-state index contributed by atoms with van der Waals surface area (Å²) in [5, 5.41) is 9.20.